The van der Waals surface area contributed by atoms with Crippen molar-refractivity contribution in [3.63, 3.8) is 0 Å². The van der Waals surface area contributed by atoms with Crippen molar-refractivity contribution in [1.82, 2.24) is 9.78 Å². The molecule has 8 heteroatoms. The number of anilines is 1. The molecule has 0 saturated carbocycles. The Hall–Kier alpha value is -2.67. The summed E-state index contributed by atoms with van der Waals surface area (Å²) in [6.45, 7) is 3.72. The number of carbonyl (C=O) groups is 2. The van der Waals surface area contributed by atoms with Crippen molar-refractivity contribution in [3.05, 3.63) is 57.5 Å². The van der Waals surface area contributed by atoms with E-state index in [1.54, 1.807) is 24.3 Å². The van der Waals surface area contributed by atoms with Gasteiger partial charge in [0.2, 0.25) is 0 Å². The average molecular weight is 364 g/mol. The van der Waals surface area contributed by atoms with Crippen LogP contribution in [0.2, 0.25) is 5.02 Å². The van der Waals surface area contributed by atoms with Gasteiger partial charge in [-0.25, -0.2) is 9.48 Å². The molecule has 0 fully saturated rings. The number of hydrogen-bond donors (Lipinski definition) is 1. The third kappa shape index (κ3) is 4.90. The summed E-state index contributed by atoms with van der Waals surface area (Å²) in [4.78, 5) is 35.9. The van der Waals surface area contributed by atoms with Crippen LogP contribution in [0.5, 0.6) is 0 Å². The van der Waals surface area contributed by atoms with E-state index in [1.807, 2.05) is 6.92 Å². The van der Waals surface area contributed by atoms with Gasteiger partial charge in [0.15, 0.2) is 11.8 Å². The fraction of sp³-hybridized carbons (Fsp3) is 0.294. The fourth-order valence-electron chi connectivity index (χ4n) is 2.00. The van der Waals surface area contributed by atoms with Gasteiger partial charge in [0.1, 0.15) is 0 Å². The molecule has 0 spiro atoms. The van der Waals surface area contributed by atoms with Crippen LogP contribution in [0.4, 0.5) is 5.69 Å². The van der Waals surface area contributed by atoms with E-state index >= 15 is 0 Å². The number of para-hydroxylation sites is 1. The number of esters is 1. The first-order valence-electron chi connectivity index (χ1n) is 7.77. The standard InChI is InChI=1S/C17H18ClN3O4/c1-3-10-21-15(22)9-8-14(20-21)17(24)25-11(2)16(23)19-13-7-5-4-6-12(13)18/h4-9,11H,3,10H2,1-2H3,(H,19,23). The molecule has 0 radical (unpaired) electrons. The van der Waals surface area contributed by atoms with Crippen LogP contribution >= 0.6 is 11.6 Å². The predicted molar refractivity (Wildman–Crippen MR) is 93.7 cm³/mol. The van der Waals surface area contributed by atoms with E-state index in [-0.39, 0.29) is 11.3 Å². The van der Waals surface area contributed by atoms with Gasteiger partial charge in [0.05, 0.1) is 10.7 Å². The summed E-state index contributed by atoms with van der Waals surface area (Å²) in [5.74, 6) is -1.31. The number of nitrogens with one attached hydrogen (secondary N) is 1. The van der Waals surface area contributed by atoms with Gasteiger partial charge >= 0.3 is 5.97 Å². The van der Waals surface area contributed by atoms with E-state index in [4.69, 9.17) is 16.3 Å². The Labute approximate surface area is 149 Å². The lowest BCUT2D eigenvalue weighted by molar-refractivity contribution is -0.123. The van der Waals surface area contributed by atoms with Crippen LogP contribution < -0.4 is 10.9 Å². The zero-order valence-electron chi connectivity index (χ0n) is 13.9. The van der Waals surface area contributed by atoms with E-state index in [1.165, 1.54) is 23.7 Å². The van der Waals surface area contributed by atoms with Crippen molar-refractivity contribution in [1.29, 1.82) is 0 Å². The summed E-state index contributed by atoms with van der Waals surface area (Å²) in [6, 6.07) is 9.24. The van der Waals surface area contributed by atoms with Crippen LogP contribution in [0.15, 0.2) is 41.2 Å². The molecule has 0 aliphatic rings. The lowest BCUT2D eigenvalue weighted by Gasteiger charge is -2.14. The van der Waals surface area contributed by atoms with Crippen molar-refractivity contribution >= 4 is 29.2 Å². The number of carbonyl (C=O) groups excluding carboxylic acids is 2. The zero-order valence-corrected chi connectivity index (χ0v) is 14.6. The molecule has 1 amide bonds. The quantitative estimate of drug-likeness (QED) is 0.796. The maximum absolute atomic E-state index is 12.1. The average Bonchev–Trinajstić information content (AvgIpc) is 2.58. The smallest absolute Gasteiger partial charge is 0.359 e. The van der Waals surface area contributed by atoms with Crippen molar-refractivity contribution in [2.24, 2.45) is 0 Å². The number of amides is 1. The number of aromatic nitrogens is 2. The maximum atomic E-state index is 12.1. The first-order valence-corrected chi connectivity index (χ1v) is 8.14. The SMILES string of the molecule is CCCn1nc(C(=O)OC(C)C(=O)Nc2ccccc2Cl)ccc1=O. The molecule has 0 aliphatic heterocycles. The molecule has 7 nitrogen and oxygen atoms in total. The highest BCUT2D eigenvalue weighted by Gasteiger charge is 2.21. The molecule has 0 saturated heterocycles. The van der Waals surface area contributed by atoms with Gasteiger partial charge in [-0.1, -0.05) is 30.7 Å². The number of ether oxygens (including phenoxy) is 1. The molecule has 0 bridgehead atoms. The monoisotopic (exact) mass is 363 g/mol. The maximum Gasteiger partial charge on any atom is 0.359 e. The highest BCUT2D eigenvalue weighted by molar-refractivity contribution is 6.33. The molecule has 1 aromatic heterocycles. The fourth-order valence-corrected chi connectivity index (χ4v) is 2.18. The van der Waals surface area contributed by atoms with Crippen LogP contribution in [0.25, 0.3) is 0 Å². The first kappa shape index (κ1) is 18.7. The highest BCUT2D eigenvalue weighted by atomic mass is 35.5. The molecule has 1 unspecified atom stereocenters. The van der Waals surface area contributed by atoms with Crippen LogP contribution in [0.1, 0.15) is 30.8 Å². The molecule has 1 atom stereocenters. The predicted octanol–water partition coefficient (Wildman–Crippen LogP) is 2.49. The summed E-state index contributed by atoms with van der Waals surface area (Å²) in [5, 5.41) is 6.91. The van der Waals surface area contributed by atoms with Gasteiger partial charge in [0, 0.05) is 12.6 Å². The lowest BCUT2D eigenvalue weighted by atomic mass is 10.3. The molecule has 25 heavy (non-hydrogen) atoms. The van der Waals surface area contributed by atoms with Gasteiger partial charge in [-0.2, -0.15) is 5.10 Å². The zero-order chi connectivity index (χ0) is 18.4. The highest BCUT2D eigenvalue weighted by Crippen LogP contribution is 2.20. The minimum atomic E-state index is -1.06. The number of rotatable bonds is 6. The normalized spacial score (nSPS) is 11.6. The molecule has 1 N–H and O–H groups in total. The van der Waals surface area contributed by atoms with E-state index in [9.17, 15) is 14.4 Å². The molecule has 2 rings (SSSR count). The van der Waals surface area contributed by atoms with E-state index in [0.29, 0.717) is 23.7 Å². The number of halogens is 1. The van der Waals surface area contributed by atoms with Gasteiger partial charge in [-0.15, -0.1) is 0 Å². The van der Waals surface area contributed by atoms with Gasteiger partial charge in [-0.3, -0.25) is 9.59 Å². The number of nitrogens with zero attached hydrogens (tertiary/aromatic N) is 2. The minimum absolute atomic E-state index is 0.0366. The second-order valence-corrected chi connectivity index (χ2v) is 5.70. The number of aryl methyl sites for hydroxylation is 1. The molecule has 1 aromatic carbocycles. The second kappa shape index (κ2) is 8.43. The van der Waals surface area contributed by atoms with Gasteiger partial charge in [0.25, 0.3) is 11.5 Å². The third-order valence-electron chi connectivity index (χ3n) is 3.30. The molecule has 1 heterocycles. The largest absolute Gasteiger partial charge is 0.448 e. The molecular formula is C17H18ClN3O4. The Morgan fingerprint density at radius 1 is 1.28 bits per heavy atom. The van der Waals surface area contributed by atoms with Gasteiger partial charge < -0.3 is 10.1 Å². The van der Waals surface area contributed by atoms with Crippen molar-refractivity contribution < 1.29 is 14.3 Å². The van der Waals surface area contributed by atoms with E-state index in [0.717, 1.165) is 0 Å². The lowest BCUT2D eigenvalue weighted by Crippen LogP contribution is -2.31. The molecular weight excluding hydrogens is 346 g/mol. The molecule has 2 aromatic rings. The first-order chi connectivity index (χ1) is 11.9. The summed E-state index contributed by atoms with van der Waals surface area (Å²) in [6.07, 6.45) is -0.362. The summed E-state index contributed by atoms with van der Waals surface area (Å²) in [7, 11) is 0. The second-order valence-electron chi connectivity index (χ2n) is 5.30. The van der Waals surface area contributed by atoms with Crippen molar-refractivity contribution in [2.45, 2.75) is 32.9 Å². The Balaban J connectivity index is 2.04. The Morgan fingerprint density at radius 3 is 2.68 bits per heavy atom. The van der Waals surface area contributed by atoms with Crippen LogP contribution in [0, 0.1) is 0 Å². The summed E-state index contributed by atoms with van der Waals surface area (Å²) < 4.78 is 6.30. The Bertz CT molecular complexity index is 835. The van der Waals surface area contributed by atoms with Crippen LogP contribution in [-0.2, 0) is 16.1 Å². The van der Waals surface area contributed by atoms with Crippen molar-refractivity contribution in [2.75, 3.05) is 5.32 Å². The van der Waals surface area contributed by atoms with E-state index in [2.05, 4.69) is 10.4 Å². The third-order valence-corrected chi connectivity index (χ3v) is 3.63. The van der Waals surface area contributed by atoms with Crippen LogP contribution in [-0.4, -0.2) is 27.8 Å². The van der Waals surface area contributed by atoms with Crippen molar-refractivity contribution in [3.8, 4) is 0 Å². The number of hydrogen-bond acceptors (Lipinski definition) is 5. The Morgan fingerprint density at radius 2 is 2.00 bits per heavy atom. The van der Waals surface area contributed by atoms with Gasteiger partial charge in [-0.05, 0) is 31.5 Å². The van der Waals surface area contributed by atoms with Crippen LogP contribution in [0.3, 0.4) is 0 Å². The minimum Gasteiger partial charge on any atom is -0.448 e. The number of benzene rings is 1. The summed E-state index contributed by atoms with van der Waals surface area (Å²) >= 11 is 5.97. The summed E-state index contributed by atoms with van der Waals surface area (Å²) in [5.41, 5.74) is 0.0834. The molecule has 132 valence electrons. The topological polar surface area (TPSA) is 90.3 Å². The van der Waals surface area contributed by atoms with E-state index < -0.39 is 18.0 Å². The Kier molecular flexibility index (Phi) is 6.30. The molecule has 0 aliphatic carbocycles.